The first kappa shape index (κ1) is 12.0. The second-order valence-corrected chi connectivity index (χ2v) is 4.89. The summed E-state index contributed by atoms with van der Waals surface area (Å²) in [5, 5.41) is 3.33. The van der Waals surface area contributed by atoms with Crippen LogP contribution in [0.5, 0.6) is 11.5 Å². The van der Waals surface area contributed by atoms with Gasteiger partial charge in [-0.2, -0.15) is 0 Å². The molecule has 0 aliphatic rings. The normalized spacial score (nSPS) is 11.3. The summed E-state index contributed by atoms with van der Waals surface area (Å²) in [5.74, 6) is 1.35. The van der Waals surface area contributed by atoms with Gasteiger partial charge in [-0.3, -0.25) is 4.98 Å². The summed E-state index contributed by atoms with van der Waals surface area (Å²) in [5.41, 5.74) is 2.83. The fraction of sp³-hybridized carbons (Fsp3) is 0.118. The number of pyridine rings is 1. The van der Waals surface area contributed by atoms with Crippen LogP contribution in [0.4, 0.5) is 0 Å². The number of benzene rings is 2. The van der Waals surface area contributed by atoms with Gasteiger partial charge < -0.3 is 14.5 Å². The van der Waals surface area contributed by atoms with E-state index in [1.807, 2.05) is 18.2 Å². The molecule has 0 saturated carbocycles. The van der Waals surface area contributed by atoms with Crippen LogP contribution < -0.4 is 9.47 Å². The lowest BCUT2D eigenvalue weighted by molar-refractivity contribution is 0.361. The average Bonchev–Trinajstić information content (AvgIpc) is 2.92. The highest BCUT2D eigenvalue weighted by Gasteiger charge is 2.19. The summed E-state index contributed by atoms with van der Waals surface area (Å²) >= 11 is 0. The maximum atomic E-state index is 5.59. The fourth-order valence-electron chi connectivity index (χ4n) is 2.99. The zero-order valence-corrected chi connectivity index (χ0v) is 11.8. The van der Waals surface area contributed by atoms with E-state index in [0.29, 0.717) is 11.5 Å². The van der Waals surface area contributed by atoms with Gasteiger partial charge in [0.1, 0.15) is 5.52 Å². The van der Waals surface area contributed by atoms with Crippen LogP contribution in [0.2, 0.25) is 0 Å². The van der Waals surface area contributed by atoms with Crippen molar-refractivity contribution in [1.29, 1.82) is 0 Å². The highest BCUT2D eigenvalue weighted by Crippen LogP contribution is 2.44. The molecule has 0 amide bonds. The number of aromatic nitrogens is 2. The van der Waals surface area contributed by atoms with Gasteiger partial charge in [-0.1, -0.05) is 24.3 Å². The van der Waals surface area contributed by atoms with Gasteiger partial charge in [0, 0.05) is 27.9 Å². The summed E-state index contributed by atoms with van der Waals surface area (Å²) < 4.78 is 11.1. The van der Waals surface area contributed by atoms with Gasteiger partial charge in [0.15, 0.2) is 11.5 Å². The maximum absolute atomic E-state index is 5.59. The van der Waals surface area contributed by atoms with E-state index < -0.39 is 0 Å². The van der Waals surface area contributed by atoms with Gasteiger partial charge in [0.25, 0.3) is 0 Å². The Morgan fingerprint density at radius 1 is 0.905 bits per heavy atom. The molecule has 0 spiro atoms. The minimum atomic E-state index is 0.659. The molecule has 104 valence electrons. The molecule has 0 radical (unpaired) electrons. The Balaban J connectivity index is 2.37. The molecule has 1 N–H and O–H groups in total. The number of H-pyrrole nitrogens is 1. The lowest BCUT2D eigenvalue weighted by Crippen LogP contribution is -1.94. The van der Waals surface area contributed by atoms with Crippen LogP contribution in [0.1, 0.15) is 0 Å². The first-order chi connectivity index (χ1) is 10.3. The van der Waals surface area contributed by atoms with Crippen molar-refractivity contribution in [3.8, 4) is 11.5 Å². The van der Waals surface area contributed by atoms with Gasteiger partial charge in [-0.05, 0) is 12.1 Å². The van der Waals surface area contributed by atoms with E-state index in [9.17, 15) is 0 Å². The quantitative estimate of drug-likeness (QED) is 0.605. The van der Waals surface area contributed by atoms with E-state index in [-0.39, 0.29) is 0 Å². The first-order valence-electron chi connectivity index (χ1n) is 6.74. The minimum Gasteiger partial charge on any atom is -0.491 e. The van der Waals surface area contributed by atoms with Crippen molar-refractivity contribution in [2.24, 2.45) is 0 Å². The molecule has 4 rings (SSSR count). The molecule has 0 aliphatic heterocycles. The van der Waals surface area contributed by atoms with Crippen molar-refractivity contribution >= 4 is 32.7 Å². The van der Waals surface area contributed by atoms with Gasteiger partial charge in [-0.15, -0.1) is 0 Å². The van der Waals surface area contributed by atoms with Crippen LogP contribution in [0.25, 0.3) is 32.7 Å². The Labute approximate surface area is 121 Å². The third-order valence-corrected chi connectivity index (χ3v) is 3.84. The van der Waals surface area contributed by atoms with Crippen LogP contribution in [0.15, 0.2) is 42.6 Å². The largest absolute Gasteiger partial charge is 0.491 e. The molecule has 0 fully saturated rings. The third kappa shape index (κ3) is 1.53. The van der Waals surface area contributed by atoms with Crippen molar-refractivity contribution in [3.05, 3.63) is 42.6 Å². The summed E-state index contributed by atoms with van der Waals surface area (Å²) in [7, 11) is 3.29. The fourth-order valence-corrected chi connectivity index (χ4v) is 2.99. The number of hydrogen-bond donors (Lipinski definition) is 1. The SMILES string of the molecule is COc1c(OC)c2[nH]c3ccccc3c2c2cccnc12. The Morgan fingerprint density at radius 3 is 2.48 bits per heavy atom. The molecule has 2 aromatic carbocycles. The molecule has 4 nitrogen and oxygen atoms in total. The van der Waals surface area contributed by atoms with Crippen LogP contribution in [-0.4, -0.2) is 24.2 Å². The second kappa shape index (κ2) is 4.38. The average molecular weight is 278 g/mol. The topological polar surface area (TPSA) is 47.1 Å². The second-order valence-electron chi connectivity index (χ2n) is 4.89. The Bertz CT molecular complexity index is 973. The first-order valence-corrected chi connectivity index (χ1v) is 6.74. The lowest BCUT2D eigenvalue weighted by atomic mass is 10.1. The van der Waals surface area contributed by atoms with E-state index in [1.165, 1.54) is 0 Å². The zero-order valence-electron chi connectivity index (χ0n) is 11.8. The van der Waals surface area contributed by atoms with Crippen molar-refractivity contribution in [2.45, 2.75) is 0 Å². The summed E-state index contributed by atoms with van der Waals surface area (Å²) in [4.78, 5) is 7.91. The predicted molar refractivity (Wildman–Crippen MR) is 84.2 cm³/mol. The highest BCUT2D eigenvalue weighted by molar-refractivity contribution is 6.23. The predicted octanol–water partition coefficient (Wildman–Crippen LogP) is 3.89. The van der Waals surface area contributed by atoms with Gasteiger partial charge in [-0.25, -0.2) is 0 Å². The van der Waals surface area contributed by atoms with E-state index in [4.69, 9.17) is 9.47 Å². The number of rotatable bonds is 2. The standard InChI is InChI=1S/C17H14N2O2/c1-20-16-14-11(7-5-9-18-14)13-10-6-3-4-8-12(10)19-15(13)17(16)21-2/h3-9,19H,1-2H3. The molecule has 4 aromatic rings. The number of aromatic amines is 1. The van der Waals surface area contributed by atoms with Crippen LogP contribution in [0, 0.1) is 0 Å². The number of ether oxygens (including phenoxy) is 2. The molecule has 4 heteroatoms. The van der Waals surface area contributed by atoms with Gasteiger partial charge in [0.2, 0.25) is 0 Å². The van der Waals surface area contributed by atoms with E-state index in [1.54, 1.807) is 20.4 Å². The smallest absolute Gasteiger partial charge is 0.189 e. The van der Waals surface area contributed by atoms with Crippen molar-refractivity contribution in [2.75, 3.05) is 14.2 Å². The minimum absolute atomic E-state index is 0.659. The molecule has 2 aromatic heterocycles. The molecular formula is C17H14N2O2. The Hall–Kier alpha value is -2.75. The molecule has 0 unspecified atom stereocenters. The van der Waals surface area contributed by atoms with Crippen molar-refractivity contribution in [1.82, 2.24) is 9.97 Å². The van der Waals surface area contributed by atoms with Gasteiger partial charge >= 0.3 is 0 Å². The van der Waals surface area contributed by atoms with E-state index in [2.05, 4.69) is 28.2 Å². The van der Waals surface area contributed by atoms with E-state index in [0.717, 1.165) is 32.7 Å². The monoisotopic (exact) mass is 278 g/mol. The molecule has 0 saturated heterocycles. The molecule has 0 aliphatic carbocycles. The number of nitrogens with zero attached hydrogens (tertiary/aromatic N) is 1. The summed E-state index contributed by atoms with van der Waals surface area (Å²) in [6, 6.07) is 12.2. The van der Waals surface area contributed by atoms with Crippen molar-refractivity contribution < 1.29 is 9.47 Å². The number of nitrogens with one attached hydrogen (secondary N) is 1. The summed E-state index contributed by atoms with van der Waals surface area (Å²) in [6.07, 6.45) is 1.77. The molecule has 0 bridgehead atoms. The summed E-state index contributed by atoms with van der Waals surface area (Å²) in [6.45, 7) is 0. The number of para-hydroxylation sites is 1. The molecular weight excluding hydrogens is 264 g/mol. The molecule has 21 heavy (non-hydrogen) atoms. The van der Waals surface area contributed by atoms with Crippen LogP contribution in [0.3, 0.4) is 0 Å². The lowest BCUT2D eigenvalue weighted by Gasteiger charge is -2.12. The molecule has 2 heterocycles. The number of methoxy groups -OCH3 is 2. The van der Waals surface area contributed by atoms with E-state index >= 15 is 0 Å². The van der Waals surface area contributed by atoms with Crippen LogP contribution >= 0.6 is 0 Å². The van der Waals surface area contributed by atoms with Crippen molar-refractivity contribution in [3.63, 3.8) is 0 Å². The van der Waals surface area contributed by atoms with Crippen LogP contribution in [-0.2, 0) is 0 Å². The Kier molecular flexibility index (Phi) is 2.51. The zero-order chi connectivity index (χ0) is 14.4. The number of hydrogen-bond acceptors (Lipinski definition) is 3. The molecule has 0 atom stereocenters. The third-order valence-electron chi connectivity index (χ3n) is 3.84. The highest BCUT2D eigenvalue weighted by atomic mass is 16.5. The maximum Gasteiger partial charge on any atom is 0.189 e. The Morgan fingerprint density at radius 2 is 1.67 bits per heavy atom. The van der Waals surface area contributed by atoms with Gasteiger partial charge in [0.05, 0.1) is 19.7 Å². The number of fused-ring (bicyclic) bond motifs is 5.